The average Bonchev–Trinajstić information content (AvgIpc) is 2.88. The van der Waals surface area contributed by atoms with E-state index in [-0.39, 0.29) is 30.4 Å². The number of nitrogens with zero attached hydrogens (tertiary/aromatic N) is 2. The monoisotopic (exact) mass is 588 g/mol. The number of rotatable bonds is 4. The molecule has 2 heterocycles. The molecule has 14 atom stereocenters. The van der Waals surface area contributed by atoms with Crippen molar-refractivity contribution in [2.75, 3.05) is 27.7 Å². The van der Waals surface area contributed by atoms with E-state index in [0.717, 1.165) is 0 Å². The molecule has 2 fully saturated rings. The summed E-state index contributed by atoms with van der Waals surface area (Å²) in [4.78, 5) is 17.7. The first-order valence-electron chi connectivity index (χ1n) is 15.4. The Morgan fingerprint density at radius 3 is 2.15 bits per heavy atom. The minimum Gasteiger partial charge on any atom is -0.459 e. The summed E-state index contributed by atoms with van der Waals surface area (Å²) in [5, 5.41) is 45.8. The second-order valence-corrected chi connectivity index (χ2v) is 13.9. The van der Waals surface area contributed by atoms with Crippen LogP contribution >= 0.6 is 0 Å². The molecule has 41 heavy (non-hydrogen) atoms. The summed E-state index contributed by atoms with van der Waals surface area (Å²) in [5.41, 5.74) is -3.20. The van der Waals surface area contributed by atoms with E-state index in [1.54, 1.807) is 27.7 Å². The van der Waals surface area contributed by atoms with Gasteiger partial charge < -0.3 is 44.4 Å². The predicted octanol–water partition coefficient (Wildman–Crippen LogP) is 2.25. The van der Waals surface area contributed by atoms with Crippen LogP contribution in [0, 0.1) is 23.7 Å². The quantitative estimate of drug-likeness (QED) is 0.363. The fraction of sp³-hybridized carbons (Fsp3) is 0.968. The first-order valence-corrected chi connectivity index (χ1v) is 15.4. The molecule has 2 unspecified atom stereocenters. The first-order chi connectivity index (χ1) is 18.8. The Morgan fingerprint density at radius 1 is 1.02 bits per heavy atom. The lowest BCUT2D eigenvalue weighted by molar-refractivity contribution is -0.259. The van der Waals surface area contributed by atoms with Crippen LogP contribution in [-0.2, 0) is 19.0 Å². The zero-order valence-corrected chi connectivity index (χ0v) is 27.6. The van der Waals surface area contributed by atoms with E-state index in [1.165, 1.54) is 6.92 Å². The minimum atomic E-state index is -1.72. The predicted molar refractivity (Wildman–Crippen MR) is 158 cm³/mol. The van der Waals surface area contributed by atoms with Gasteiger partial charge in [-0.3, -0.25) is 4.79 Å². The highest BCUT2D eigenvalue weighted by molar-refractivity contribution is 5.73. The molecule has 0 aliphatic carbocycles. The Morgan fingerprint density at radius 2 is 1.61 bits per heavy atom. The molecule has 10 nitrogen and oxygen atoms in total. The van der Waals surface area contributed by atoms with Crippen LogP contribution in [0.5, 0.6) is 0 Å². The molecule has 0 radical (unpaired) electrons. The average molecular weight is 589 g/mol. The van der Waals surface area contributed by atoms with Gasteiger partial charge in [0.1, 0.15) is 17.8 Å². The highest BCUT2D eigenvalue weighted by Crippen LogP contribution is 2.36. The number of likely N-dealkylation sites (N-methyl/N-ethyl adjacent to an activating group) is 1. The van der Waals surface area contributed by atoms with Crippen molar-refractivity contribution in [2.24, 2.45) is 23.7 Å². The molecule has 0 amide bonds. The van der Waals surface area contributed by atoms with Crippen molar-refractivity contribution >= 4 is 5.97 Å². The van der Waals surface area contributed by atoms with E-state index in [4.69, 9.17) is 14.2 Å². The van der Waals surface area contributed by atoms with Gasteiger partial charge in [0.25, 0.3) is 0 Å². The number of hydrogen-bond donors (Lipinski definition) is 4. The van der Waals surface area contributed by atoms with Gasteiger partial charge in [0.15, 0.2) is 6.29 Å². The Balaban J connectivity index is 2.52. The summed E-state index contributed by atoms with van der Waals surface area (Å²) in [6.07, 6.45) is -3.81. The topological polar surface area (TPSA) is 132 Å². The molecule has 10 heteroatoms. The molecule has 0 aromatic heterocycles. The van der Waals surface area contributed by atoms with Gasteiger partial charge in [-0.05, 0) is 80.4 Å². The third-order valence-corrected chi connectivity index (χ3v) is 10.0. The maximum absolute atomic E-state index is 13.7. The van der Waals surface area contributed by atoms with Gasteiger partial charge in [-0.1, -0.05) is 27.7 Å². The molecule has 4 N–H and O–H groups in total. The summed E-state index contributed by atoms with van der Waals surface area (Å²) in [6, 6.07) is -0.275. The molecule has 2 aliphatic heterocycles. The second kappa shape index (κ2) is 14.3. The number of hydrogen-bond acceptors (Lipinski definition) is 10. The normalized spacial score (nSPS) is 48.4. The number of carbonyl (C=O) groups is 1. The van der Waals surface area contributed by atoms with Crippen molar-refractivity contribution in [1.82, 2.24) is 9.80 Å². The molecule has 242 valence electrons. The lowest BCUT2D eigenvalue weighted by Gasteiger charge is -2.45. The number of esters is 1. The number of aliphatic hydroxyl groups is 4. The molecule has 2 aliphatic rings. The Bertz CT molecular complexity index is 839. The molecule has 0 aromatic carbocycles. The Labute approximate surface area is 248 Å². The van der Waals surface area contributed by atoms with Gasteiger partial charge in [0.2, 0.25) is 0 Å². The first kappa shape index (κ1) is 36.3. The van der Waals surface area contributed by atoms with Crippen LogP contribution in [0.15, 0.2) is 0 Å². The van der Waals surface area contributed by atoms with E-state index in [2.05, 4.69) is 11.8 Å². The molecule has 2 saturated heterocycles. The smallest absolute Gasteiger partial charge is 0.311 e. The second-order valence-electron chi connectivity index (χ2n) is 13.9. The van der Waals surface area contributed by atoms with Crippen molar-refractivity contribution < 1.29 is 39.4 Å². The number of aliphatic hydroxyl groups excluding tert-OH is 2. The van der Waals surface area contributed by atoms with Gasteiger partial charge in [-0.25, -0.2) is 0 Å². The highest BCUT2D eigenvalue weighted by Gasteiger charge is 2.48. The van der Waals surface area contributed by atoms with Gasteiger partial charge in [0, 0.05) is 31.0 Å². The standard InChI is InChI=1S/C31H60N2O8/c1-13-24-31(9,38)28(35)21(6)33(12)16-17(2)15-30(8,37)27(34)19(4)26(20(5)29(36)40-24)41-25-14-23(32(10)11)18(3)22(7)39-25/h17-28,34-35,37-38H,13-16H2,1-12H3/t17-,18-,19+,20-,21-,22?,23?,24-,25+,26+,27-,28-,30-,31-/m1/s1. The van der Waals surface area contributed by atoms with Crippen LogP contribution in [0.1, 0.15) is 81.6 Å². The molecule has 0 aromatic rings. The van der Waals surface area contributed by atoms with Gasteiger partial charge in [-0.2, -0.15) is 0 Å². The van der Waals surface area contributed by atoms with E-state index >= 15 is 0 Å². The van der Waals surface area contributed by atoms with Gasteiger partial charge in [-0.15, -0.1) is 0 Å². The molecule has 0 bridgehead atoms. The lowest BCUT2D eigenvalue weighted by atomic mass is 9.78. The maximum Gasteiger partial charge on any atom is 0.311 e. The largest absolute Gasteiger partial charge is 0.459 e. The summed E-state index contributed by atoms with van der Waals surface area (Å²) in [6.45, 7) is 16.8. The lowest BCUT2D eigenvalue weighted by Crippen LogP contribution is -2.59. The third-order valence-electron chi connectivity index (χ3n) is 10.0. The zero-order chi connectivity index (χ0) is 31.6. The summed E-state index contributed by atoms with van der Waals surface area (Å²) >= 11 is 0. The summed E-state index contributed by atoms with van der Waals surface area (Å²) in [5.74, 6) is -1.92. The number of ether oxygens (including phenoxy) is 3. The maximum atomic E-state index is 13.7. The molecular weight excluding hydrogens is 528 g/mol. The van der Waals surface area contributed by atoms with Gasteiger partial charge in [0.05, 0.1) is 29.8 Å². The summed E-state index contributed by atoms with van der Waals surface area (Å²) in [7, 11) is 5.89. The van der Waals surface area contributed by atoms with Crippen molar-refractivity contribution in [3.8, 4) is 0 Å². The molecule has 0 saturated carbocycles. The Hall–Kier alpha value is -0.850. The van der Waals surface area contributed by atoms with E-state index in [1.807, 2.05) is 46.8 Å². The number of cyclic esters (lactones) is 1. The third kappa shape index (κ3) is 8.41. The fourth-order valence-electron chi connectivity index (χ4n) is 7.00. The van der Waals surface area contributed by atoms with Crippen LogP contribution < -0.4 is 0 Å². The SMILES string of the molecule is CC[C@H]1OC(=O)[C@H](C)[C@@H](O[C@H]2CC(N(C)C)[C@H](C)C(C)O2)[C@H](C)[C@@H](O)[C@](C)(O)C[C@@H](C)CN(C)[C@H](C)[C@@H](O)[C@]1(C)O. The van der Waals surface area contributed by atoms with Crippen LogP contribution in [0.2, 0.25) is 0 Å². The van der Waals surface area contributed by atoms with Gasteiger partial charge >= 0.3 is 5.97 Å². The van der Waals surface area contributed by atoms with Crippen molar-refractivity contribution in [1.29, 1.82) is 0 Å². The highest BCUT2D eigenvalue weighted by atomic mass is 16.7. The van der Waals surface area contributed by atoms with Crippen molar-refractivity contribution in [2.45, 2.75) is 142 Å². The van der Waals surface area contributed by atoms with E-state index in [0.29, 0.717) is 19.4 Å². The molecule has 2 rings (SSSR count). The fourth-order valence-corrected chi connectivity index (χ4v) is 7.00. The zero-order valence-electron chi connectivity index (χ0n) is 27.6. The van der Waals surface area contributed by atoms with E-state index < -0.39 is 65.8 Å². The minimum absolute atomic E-state index is 0.0527. The van der Waals surface area contributed by atoms with Crippen LogP contribution in [-0.4, -0.2) is 124 Å². The molecular formula is C31H60N2O8. The Kier molecular flexibility index (Phi) is 12.7. The van der Waals surface area contributed by atoms with Crippen LogP contribution in [0.25, 0.3) is 0 Å². The van der Waals surface area contributed by atoms with Crippen molar-refractivity contribution in [3.05, 3.63) is 0 Å². The van der Waals surface area contributed by atoms with Crippen LogP contribution in [0.3, 0.4) is 0 Å². The number of carbonyl (C=O) groups excluding carboxylic acids is 1. The molecule has 0 spiro atoms. The van der Waals surface area contributed by atoms with Crippen LogP contribution in [0.4, 0.5) is 0 Å². The summed E-state index contributed by atoms with van der Waals surface area (Å²) < 4.78 is 18.7. The van der Waals surface area contributed by atoms with Crippen molar-refractivity contribution in [3.63, 3.8) is 0 Å². The van der Waals surface area contributed by atoms with E-state index in [9.17, 15) is 25.2 Å².